The van der Waals surface area contributed by atoms with Gasteiger partial charge in [-0.15, -0.1) is 5.10 Å². The molecule has 0 saturated heterocycles. The van der Waals surface area contributed by atoms with E-state index in [-0.39, 0.29) is 12.5 Å². The van der Waals surface area contributed by atoms with Gasteiger partial charge >= 0.3 is 5.97 Å². The van der Waals surface area contributed by atoms with E-state index in [1.54, 1.807) is 27.7 Å². The van der Waals surface area contributed by atoms with Crippen molar-refractivity contribution in [3.63, 3.8) is 0 Å². The number of carbonyl (C=O) groups is 2. The van der Waals surface area contributed by atoms with Crippen molar-refractivity contribution < 1.29 is 14.3 Å². The van der Waals surface area contributed by atoms with Crippen LogP contribution in [0.2, 0.25) is 0 Å². The molecule has 18 heavy (non-hydrogen) atoms. The second kappa shape index (κ2) is 5.56. The number of tetrazole rings is 1. The number of carbonyl (C=O) groups excluding carboxylic acids is 2. The Labute approximate surface area is 105 Å². The molecule has 0 aliphatic carbocycles. The van der Waals surface area contributed by atoms with Gasteiger partial charge in [-0.3, -0.25) is 4.79 Å². The van der Waals surface area contributed by atoms with Gasteiger partial charge in [0.2, 0.25) is 5.91 Å². The Bertz CT molecular complexity index is 410. The molecule has 1 aromatic rings. The van der Waals surface area contributed by atoms with E-state index >= 15 is 0 Å². The number of aromatic nitrogens is 4. The maximum atomic E-state index is 11.6. The highest BCUT2D eigenvalue weighted by atomic mass is 16.6. The van der Waals surface area contributed by atoms with Crippen molar-refractivity contribution in [3.8, 4) is 0 Å². The average Bonchev–Trinajstić information content (AvgIpc) is 2.67. The van der Waals surface area contributed by atoms with Crippen LogP contribution in [-0.2, 0) is 20.9 Å². The van der Waals surface area contributed by atoms with Crippen LogP contribution in [0.4, 0.5) is 0 Å². The molecule has 1 rings (SSSR count). The van der Waals surface area contributed by atoms with E-state index in [0.29, 0.717) is 0 Å². The Hall–Kier alpha value is -1.99. The van der Waals surface area contributed by atoms with E-state index in [1.165, 1.54) is 11.0 Å². The van der Waals surface area contributed by atoms with E-state index in [2.05, 4.69) is 20.8 Å². The van der Waals surface area contributed by atoms with Crippen molar-refractivity contribution in [1.29, 1.82) is 0 Å². The molecule has 8 nitrogen and oxygen atoms in total. The predicted octanol–water partition coefficient (Wildman–Crippen LogP) is -0.481. The number of nitrogens with one attached hydrogen (secondary N) is 1. The predicted molar refractivity (Wildman–Crippen MR) is 61.3 cm³/mol. The van der Waals surface area contributed by atoms with Crippen LogP contribution in [0.3, 0.4) is 0 Å². The molecule has 1 N–H and O–H groups in total. The third-order valence-corrected chi connectivity index (χ3v) is 1.83. The third-order valence-electron chi connectivity index (χ3n) is 1.83. The third kappa shape index (κ3) is 4.89. The molecule has 0 saturated carbocycles. The summed E-state index contributed by atoms with van der Waals surface area (Å²) in [4.78, 5) is 23.2. The van der Waals surface area contributed by atoms with Crippen LogP contribution in [0.15, 0.2) is 6.33 Å². The molecule has 8 heteroatoms. The zero-order valence-corrected chi connectivity index (χ0v) is 10.9. The molecular weight excluding hydrogens is 238 g/mol. The van der Waals surface area contributed by atoms with Gasteiger partial charge in [0.1, 0.15) is 24.5 Å². The molecule has 0 bridgehead atoms. The van der Waals surface area contributed by atoms with Crippen molar-refractivity contribution in [3.05, 3.63) is 6.33 Å². The average molecular weight is 255 g/mol. The van der Waals surface area contributed by atoms with E-state index in [4.69, 9.17) is 4.74 Å². The van der Waals surface area contributed by atoms with Crippen LogP contribution in [0.25, 0.3) is 0 Å². The van der Waals surface area contributed by atoms with Crippen LogP contribution in [0, 0.1) is 0 Å². The van der Waals surface area contributed by atoms with Gasteiger partial charge in [-0.05, 0) is 38.1 Å². The summed E-state index contributed by atoms with van der Waals surface area (Å²) in [7, 11) is 0. The first-order chi connectivity index (χ1) is 8.28. The molecule has 0 aliphatic rings. The Morgan fingerprint density at radius 2 is 2.11 bits per heavy atom. The fourth-order valence-corrected chi connectivity index (χ4v) is 1.14. The summed E-state index contributed by atoms with van der Waals surface area (Å²) in [5, 5.41) is 12.9. The van der Waals surface area contributed by atoms with Crippen LogP contribution in [-0.4, -0.2) is 43.7 Å². The number of hydrogen-bond donors (Lipinski definition) is 1. The van der Waals surface area contributed by atoms with Crippen LogP contribution in [0.5, 0.6) is 0 Å². The summed E-state index contributed by atoms with van der Waals surface area (Å²) >= 11 is 0. The Kier molecular flexibility index (Phi) is 4.35. The Balaban J connectivity index is 2.42. The van der Waals surface area contributed by atoms with Crippen LogP contribution >= 0.6 is 0 Å². The summed E-state index contributed by atoms with van der Waals surface area (Å²) in [6, 6.07) is -0.715. The minimum Gasteiger partial charge on any atom is -0.458 e. The van der Waals surface area contributed by atoms with Crippen molar-refractivity contribution in [2.45, 2.75) is 45.9 Å². The first-order valence-electron chi connectivity index (χ1n) is 5.51. The fraction of sp³-hybridized carbons (Fsp3) is 0.700. The molecule has 1 heterocycles. The lowest BCUT2D eigenvalue weighted by atomic mass is 10.2. The first kappa shape index (κ1) is 14.1. The molecule has 1 amide bonds. The van der Waals surface area contributed by atoms with Crippen molar-refractivity contribution in [1.82, 2.24) is 25.5 Å². The molecule has 1 atom stereocenters. The standard InChI is InChI=1S/C10H17N5O3/c1-7(9(17)18-10(2,3)4)12-8(16)5-15-6-11-13-14-15/h6-7H,5H2,1-4H3,(H,12,16)/t7-/m0/s1. The monoisotopic (exact) mass is 255 g/mol. The maximum Gasteiger partial charge on any atom is 0.328 e. The number of amides is 1. The minimum atomic E-state index is -0.715. The summed E-state index contributed by atoms with van der Waals surface area (Å²) in [5.41, 5.74) is -0.577. The van der Waals surface area contributed by atoms with Crippen molar-refractivity contribution in [2.75, 3.05) is 0 Å². The number of ether oxygens (including phenoxy) is 1. The second-order valence-corrected chi connectivity index (χ2v) is 4.83. The molecule has 100 valence electrons. The van der Waals surface area contributed by atoms with Gasteiger partial charge in [0.15, 0.2) is 0 Å². The first-order valence-corrected chi connectivity index (χ1v) is 5.51. The van der Waals surface area contributed by atoms with Crippen LogP contribution < -0.4 is 5.32 Å². The van der Waals surface area contributed by atoms with Crippen molar-refractivity contribution >= 4 is 11.9 Å². The lowest BCUT2D eigenvalue weighted by Gasteiger charge is -2.22. The molecular formula is C10H17N5O3. The van der Waals surface area contributed by atoms with Gasteiger partial charge < -0.3 is 10.1 Å². The second-order valence-electron chi connectivity index (χ2n) is 4.83. The molecule has 0 spiro atoms. The number of nitrogens with zero attached hydrogens (tertiary/aromatic N) is 4. The normalized spacial score (nSPS) is 12.9. The van der Waals surface area contributed by atoms with Gasteiger partial charge in [0.05, 0.1) is 0 Å². The summed E-state index contributed by atoms with van der Waals surface area (Å²) in [6.07, 6.45) is 1.32. The zero-order chi connectivity index (χ0) is 13.8. The van der Waals surface area contributed by atoms with Crippen LogP contribution in [0.1, 0.15) is 27.7 Å². The highest BCUT2D eigenvalue weighted by Crippen LogP contribution is 2.08. The molecule has 1 aromatic heterocycles. The van der Waals surface area contributed by atoms with E-state index < -0.39 is 17.6 Å². The molecule has 0 aliphatic heterocycles. The largest absolute Gasteiger partial charge is 0.458 e. The number of rotatable bonds is 4. The quantitative estimate of drug-likeness (QED) is 0.729. The highest BCUT2D eigenvalue weighted by Gasteiger charge is 2.22. The number of esters is 1. The Morgan fingerprint density at radius 1 is 1.44 bits per heavy atom. The van der Waals surface area contributed by atoms with E-state index in [0.717, 1.165) is 0 Å². The van der Waals surface area contributed by atoms with Crippen molar-refractivity contribution in [2.24, 2.45) is 0 Å². The molecule has 0 radical (unpaired) electrons. The SMILES string of the molecule is C[C@H](NC(=O)Cn1cnnn1)C(=O)OC(C)(C)C. The van der Waals surface area contributed by atoms with E-state index in [9.17, 15) is 9.59 Å². The molecule has 0 fully saturated rings. The highest BCUT2D eigenvalue weighted by molar-refractivity contribution is 5.84. The lowest BCUT2D eigenvalue weighted by Crippen LogP contribution is -2.43. The van der Waals surface area contributed by atoms with Gasteiger partial charge in [-0.1, -0.05) is 0 Å². The lowest BCUT2D eigenvalue weighted by molar-refractivity contribution is -0.158. The maximum absolute atomic E-state index is 11.6. The topological polar surface area (TPSA) is 99.0 Å². The molecule has 0 aromatic carbocycles. The Morgan fingerprint density at radius 3 is 2.61 bits per heavy atom. The van der Waals surface area contributed by atoms with Gasteiger partial charge in [-0.25, -0.2) is 9.48 Å². The van der Waals surface area contributed by atoms with Gasteiger partial charge in [-0.2, -0.15) is 0 Å². The fourth-order valence-electron chi connectivity index (χ4n) is 1.14. The van der Waals surface area contributed by atoms with Gasteiger partial charge in [0, 0.05) is 0 Å². The summed E-state index contributed by atoms with van der Waals surface area (Å²) in [6.45, 7) is 6.81. The number of hydrogen-bond acceptors (Lipinski definition) is 6. The van der Waals surface area contributed by atoms with Gasteiger partial charge in [0.25, 0.3) is 0 Å². The summed E-state index contributed by atoms with van der Waals surface area (Å²) < 4.78 is 6.40. The minimum absolute atomic E-state index is 0.0415. The smallest absolute Gasteiger partial charge is 0.328 e. The molecule has 0 unspecified atom stereocenters. The zero-order valence-electron chi connectivity index (χ0n) is 10.9. The van der Waals surface area contributed by atoms with E-state index in [1.807, 2.05) is 0 Å². The summed E-state index contributed by atoms with van der Waals surface area (Å²) in [5.74, 6) is -0.840.